The number of halogens is 4. The van der Waals surface area contributed by atoms with Crippen molar-refractivity contribution in [2.24, 2.45) is 35.5 Å². The standard InChI is InChI=1S/C48H66F4O/c1-3-33-11-15-35(16-12-33)37-19-23-39(24-20-37)41-29-45(49)43(46(50)30-41)9-5-7-27-53-28-8-6-10-44-47(51)31-42(32-48(44)52)40-25-21-38(22-26-40)36-17-13-34(4-2)14-18-36/h5-8,29-40H,3-4,9-28H2,1-2H3. The molecule has 0 radical (unpaired) electrons. The van der Waals surface area contributed by atoms with Gasteiger partial charge < -0.3 is 4.74 Å². The predicted octanol–water partition coefficient (Wildman–Crippen LogP) is 14.1. The van der Waals surface area contributed by atoms with E-state index < -0.39 is 23.3 Å². The summed E-state index contributed by atoms with van der Waals surface area (Å²) >= 11 is 0. The first-order valence-corrected chi connectivity index (χ1v) is 21.7. The highest BCUT2D eigenvalue weighted by Crippen LogP contribution is 2.46. The summed E-state index contributed by atoms with van der Waals surface area (Å²) in [5, 5.41) is 0. The number of ether oxygens (including phenoxy) is 1. The highest BCUT2D eigenvalue weighted by atomic mass is 19.1. The third-order valence-electron chi connectivity index (χ3n) is 14.5. The van der Waals surface area contributed by atoms with E-state index in [1.165, 1.54) is 89.9 Å². The lowest BCUT2D eigenvalue weighted by Gasteiger charge is -2.38. The third kappa shape index (κ3) is 10.9. The summed E-state index contributed by atoms with van der Waals surface area (Å²) in [4.78, 5) is 0. The summed E-state index contributed by atoms with van der Waals surface area (Å²) in [6.07, 6.45) is 29.7. The molecule has 6 rings (SSSR count). The van der Waals surface area contributed by atoms with Crippen LogP contribution in [0.2, 0.25) is 0 Å². The Morgan fingerprint density at radius 2 is 0.755 bits per heavy atom. The second-order valence-corrected chi connectivity index (χ2v) is 17.4. The molecule has 4 saturated carbocycles. The van der Waals surface area contributed by atoms with Crippen LogP contribution in [0.25, 0.3) is 0 Å². The molecular formula is C48H66F4O. The molecule has 2 aromatic rings. The highest BCUT2D eigenvalue weighted by molar-refractivity contribution is 5.31. The first-order valence-electron chi connectivity index (χ1n) is 21.7. The summed E-state index contributed by atoms with van der Waals surface area (Å²) in [5.41, 5.74) is 1.81. The van der Waals surface area contributed by atoms with Crippen molar-refractivity contribution in [2.75, 3.05) is 13.2 Å². The van der Waals surface area contributed by atoms with Crippen LogP contribution in [-0.2, 0) is 17.6 Å². The molecule has 2 aromatic carbocycles. The Morgan fingerprint density at radius 1 is 0.453 bits per heavy atom. The van der Waals surface area contributed by atoms with Gasteiger partial charge in [-0.3, -0.25) is 0 Å². The normalized spacial score (nSPS) is 30.0. The van der Waals surface area contributed by atoms with Crippen LogP contribution in [0, 0.1) is 58.8 Å². The Bertz CT molecular complexity index is 1320. The second kappa shape index (κ2) is 20.0. The van der Waals surface area contributed by atoms with Crippen molar-refractivity contribution in [3.05, 3.63) is 94.1 Å². The van der Waals surface area contributed by atoms with Crippen LogP contribution in [0.15, 0.2) is 48.6 Å². The van der Waals surface area contributed by atoms with Crippen molar-refractivity contribution < 1.29 is 22.3 Å². The van der Waals surface area contributed by atoms with Crippen molar-refractivity contribution in [2.45, 2.75) is 154 Å². The first-order chi connectivity index (χ1) is 25.8. The molecule has 0 heterocycles. The van der Waals surface area contributed by atoms with Crippen molar-refractivity contribution >= 4 is 0 Å². The highest BCUT2D eigenvalue weighted by Gasteiger charge is 2.33. The fraction of sp³-hybridized carbons (Fsp3) is 0.667. The van der Waals surface area contributed by atoms with E-state index >= 15 is 17.6 Å². The van der Waals surface area contributed by atoms with E-state index in [-0.39, 0.29) is 49.0 Å². The maximum atomic E-state index is 15.1. The summed E-state index contributed by atoms with van der Waals surface area (Å²) in [6.45, 7) is 5.19. The van der Waals surface area contributed by atoms with E-state index in [1.807, 2.05) is 0 Å². The van der Waals surface area contributed by atoms with E-state index in [0.29, 0.717) is 0 Å². The van der Waals surface area contributed by atoms with Crippen molar-refractivity contribution in [1.29, 1.82) is 0 Å². The lowest BCUT2D eigenvalue weighted by Crippen LogP contribution is -2.25. The molecule has 4 fully saturated rings. The summed E-state index contributed by atoms with van der Waals surface area (Å²) in [6, 6.07) is 6.25. The van der Waals surface area contributed by atoms with E-state index in [4.69, 9.17) is 4.74 Å². The van der Waals surface area contributed by atoms with Crippen LogP contribution in [0.3, 0.4) is 0 Å². The second-order valence-electron chi connectivity index (χ2n) is 17.4. The van der Waals surface area contributed by atoms with Gasteiger partial charge in [-0.05, 0) is 173 Å². The quantitative estimate of drug-likeness (QED) is 0.107. The molecular weight excluding hydrogens is 669 g/mol. The number of allylic oxidation sites excluding steroid dienone is 2. The zero-order valence-electron chi connectivity index (χ0n) is 32.7. The molecule has 0 aromatic heterocycles. The number of hydrogen-bond donors (Lipinski definition) is 0. The Morgan fingerprint density at radius 3 is 1.06 bits per heavy atom. The first kappa shape index (κ1) is 40.3. The Balaban J connectivity index is 0.877. The van der Waals surface area contributed by atoms with Crippen LogP contribution in [0.5, 0.6) is 0 Å². The van der Waals surface area contributed by atoms with Gasteiger partial charge in [-0.25, -0.2) is 17.6 Å². The van der Waals surface area contributed by atoms with Gasteiger partial charge in [0.25, 0.3) is 0 Å². The van der Waals surface area contributed by atoms with E-state index in [2.05, 4.69) is 13.8 Å². The van der Waals surface area contributed by atoms with Crippen molar-refractivity contribution in [1.82, 2.24) is 0 Å². The van der Waals surface area contributed by atoms with Crippen LogP contribution in [0.1, 0.15) is 164 Å². The Hall–Kier alpha value is -2.40. The maximum absolute atomic E-state index is 15.1. The van der Waals surface area contributed by atoms with Crippen LogP contribution in [0.4, 0.5) is 17.6 Å². The average Bonchev–Trinajstić information content (AvgIpc) is 3.19. The molecule has 0 aliphatic heterocycles. The zero-order chi connectivity index (χ0) is 37.2. The minimum atomic E-state index is -0.465. The van der Waals surface area contributed by atoms with Crippen molar-refractivity contribution in [3.8, 4) is 0 Å². The third-order valence-corrected chi connectivity index (χ3v) is 14.5. The van der Waals surface area contributed by atoms with Gasteiger partial charge in [0, 0.05) is 11.1 Å². The number of hydrogen-bond acceptors (Lipinski definition) is 1. The summed E-state index contributed by atoms with van der Waals surface area (Å²) in [5.74, 6) is 3.71. The van der Waals surface area contributed by atoms with Crippen LogP contribution in [-0.4, -0.2) is 13.2 Å². The van der Waals surface area contributed by atoms with E-state index in [0.717, 1.165) is 72.3 Å². The molecule has 0 N–H and O–H groups in total. The predicted molar refractivity (Wildman–Crippen MR) is 210 cm³/mol. The van der Waals surface area contributed by atoms with Gasteiger partial charge in [0.1, 0.15) is 23.3 Å². The van der Waals surface area contributed by atoms with Gasteiger partial charge in [-0.2, -0.15) is 0 Å². The summed E-state index contributed by atoms with van der Waals surface area (Å²) < 4.78 is 65.9. The smallest absolute Gasteiger partial charge is 0.129 e. The SMILES string of the molecule is CCC1CCC(C2CCC(c3cc(F)c(CC=CCOCC=CCc4c(F)cc(C5CCC(C6CCC(CC)CC6)CC5)cc4F)c(F)c3)CC2)CC1. The molecule has 0 bridgehead atoms. The molecule has 0 spiro atoms. The van der Waals surface area contributed by atoms with Gasteiger partial charge in [-0.15, -0.1) is 0 Å². The molecule has 53 heavy (non-hydrogen) atoms. The van der Waals surface area contributed by atoms with Gasteiger partial charge in [-0.1, -0.05) is 76.7 Å². The molecule has 0 atom stereocenters. The van der Waals surface area contributed by atoms with E-state index in [1.54, 1.807) is 48.6 Å². The fourth-order valence-corrected chi connectivity index (χ4v) is 10.8. The van der Waals surface area contributed by atoms with Gasteiger partial charge in [0.15, 0.2) is 0 Å². The van der Waals surface area contributed by atoms with Crippen LogP contribution >= 0.6 is 0 Å². The Kier molecular flexibility index (Phi) is 15.2. The lowest BCUT2D eigenvalue weighted by atomic mass is 9.68. The Labute approximate surface area is 318 Å². The largest absolute Gasteiger partial charge is 0.373 e. The molecule has 4 aliphatic rings. The molecule has 1 nitrogen and oxygen atoms in total. The topological polar surface area (TPSA) is 9.23 Å². The minimum Gasteiger partial charge on any atom is -0.373 e. The molecule has 0 amide bonds. The lowest BCUT2D eigenvalue weighted by molar-refractivity contribution is 0.158. The molecule has 0 unspecified atom stereocenters. The zero-order valence-corrected chi connectivity index (χ0v) is 32.7. The average molecular weight is 735 g/mol. The maximum Gasteiger partial charge on any atom is 0.129 e. The van der Waals surface area contributed by atoms with Gasteiger partial charge in [0.2, 0.25) is 0 Å². The number of benzene rings is 2. The molecule has 5 heteroatoms. The monoisotopic (exact) mass is 735 g/mol. The van der Waals surface area contributed by atoms with Gasteiger partial charge >= 0.3 is 0 Å². The van der Waals surface area contributed by atoms with Gasteiger partial charge in [0.05, 0.1) is 13.2 Å². The summed E-state index contributed by atoms with van der Waals surface area (Å²) in [7, 11) is 0. The van der Waals surface area contributed by atoms with Crippen molar-refractivity contribution in [3.63, 3.8) is 0 Å². The molecule has 0 saturated heterocycles. The van der Waals surface area contributed by atoms with E-state index in [9.17, 15) is 0 Å². The molecule has 4 aliphatic carbocycles. The number of rotatable bonds is 14. The fourth-order valence-electron chi connectivity index (χ4n) is 10.8. The minimum absolute atomic E-state index is 0.0959. The van der Waals surface area contributed by atoms with Crippen LogP contribution < -0.4 is 0 Å². The molecule has 292 valence electrons.